The molecule has 5 aromatic rings. The minimum absolute atomic E-state index is 0.205. The highest BCUT2D eigenvalue weighted by atomic mass is 19.3. The Bertz CT molecular complexity index is 1670. The van der Waals surface area contributed by atoms with Crippen molar-refractivity contribution in [2.75, 3.05) is 31.7 Å². The van der Waals surface area contributed by atoms with E-state index in [2.05, 4.69) is 40.5 Å². The van der Waals surface area contributed by atoms with Gasteiger partial charge in [0.1, 0.15) is 11.0 Å². The number of alkyl halides is 2. The molecule has 16 heteroatoms. The van der Waals surface area contributed by atoms with Crippen molar-refractivity contribution in [1.29, 1.82) is 0 Å². The Kier molecular flexibility index (Phi) is 7.29. The van der Waals surface area contributed by atoms with Gasteiger partial charge in [-0.25, -0.2) is 29.3 Å². The van der Waals surface area contributed by atoms with E-state index in [9.17, 15) is 8.78 Å². The van der Waals surface area contributed by atoms with Crippen molar-refractivity contribution >= 4 is 34.0 Å². The van der Waals surface area contributed by atoms with Gasteiger partial charge in [-0.15, -0.1) is 5.10 Å². The van der Waals surface area contributed by atoms with Crippen LogP contribution in [0.4, 0.5) is 20.4 Å². The van der Waals surface area contributed by atoms with Gasteiger partial charge in [0.15, 0.2) is 28.7 Å². The number of nitrogens with zero attached hydrogens (tertiary/aromatic N) is 10. The van der Waals surface area contributed by atoms with Crippen molar-refractivity contribution in [2.45, 2.75) is 45.4 Å². The fraction of sp³-hybridized carbons (Fsp3) is 0.500. The Morgan fingerprint density at radius 3 is 2.02 bits per heavy atom. The van der Waals surface area contributed by atoms with E-state index in [0.717, 1.165) is 38.9 Å². The van der Waals surface area contributed by atoms with Gasteiger partial charge in [-0.3, -0.25) is 0 Å². The van der Waals surface area contributed by atoms with E-state index in [1.807, 2.05) is 4.68 Å². The third kappa shape index (κ3) is 5.59. The summed E-state index contributed by atoms with van der Waals surface area (Å²) in [6.45, 7) is 1.20. The summed E-state index contributed by atoms with van der Waals surface area (Å²) < 4.78 is 47.2. The number of hydrogen-bond acceptors (Lipinski definition) is 11. The zero-order valence-corrected chi connectivity index (χ0v) is 22.6. The van der Waals surface area contributed by atoms with Crippen LogP contribution in [0, 0.1) is 11.8 Å². The van der Waals surface area contributed by atoms with Crippen LogP contribution < -0.4 is 10.1 Å². The van der Waals surface area contributed by atoms with Gasteiger partial charge in [-0.05, 0) is 37.5 Å². The highest BCUT2D eigenvalue weighted by molar-refractivity contribution is 5.72. The van der Waals surface area contributed by atoms with Crippen molar-refractivity contribution < 1.29 is 23.0 Å². The Morgan fingerprint density at radius 1 is 0.810 bits per heavy atom. The second-order valence-corrected chi connectivity index (χ2v) is 10.4. The number of anilines is 2. The third-order valence-electron chi connectivity index (χ3n) is 7.58. The number of halogens is 2. The van der Waals surface area contributed by atoms with Crippen LogP contribution in [-0.2, 0) is 22.6 Å². The molecule has 7 rings (SSSR count). The lowest BCUT2D eigenvalue weighted by molar-refractivity contribution is -0.0544. The first-order valence-electron chi connectivity index (χ1n) is 13.9. The van der Waals surface area contributed by atoms with Gasteiger partial charge in [0.2, 0.25) is 5.88 Å². The highest BCUT2D eigenvalue weighted by Crippen LogP contribution is 2.27. The first-order chi connectivity index (χ1) is 20.6. The molecule has 0 unspecified atom stereocenters. The van der Waals surface area contributed by atoms with Crippen LogP contribution in [0.5, 0.6) is 5.88 Å². The van der Waals surface area contributed by atoms with Crippen LogP contribution in [0.1, 0.15) is 25.7 Å². The van der Waals surface area contributed by atoms with Crippen LogP contribution in [0.3, 0.4) is 0 Å². The smallest absolute Gasteiger partial charge is 0.388 e. The molecule has 0 aromatic carbocycles. The van der Waals surface area contributed by atoms with Crippen molar-refractivity contribution in [2.24, 2.45) is 11.8 Å². The molecular formula is C26H29F2N11O3. The molecule has 0 saturated carbocycles. The molecular weight excluding hydrogens is 552 g/mol. The summed E-state index contributed by atoms with van der Waals surface area (Å²) in [6.07, 6.45) is 10.1. The topological polar surface area (TPSA) is 145 Å². The fourth-order valence-corrected chi connectivity index (χ4v) is 5.36. The minimum Gasteiger partial charge on any atom is -0.417 e. The molecule has 5 aromatic heterocycles. The molecule has 0 aliphatic carbocycles. The van der Waals surface area contributed by atoms with Crippen molar-refractivity contribution in [3.05, 3.63) is 30.9 Å². The molecule has 0 radical (unpaired) electrons. The van der Waals surface area contributed by atoms with E-state index >= 15 is 0 Å². The molecule has 2 saturated heterocycles. The van der Waals surface area contributed by atoms with E-state index < -0.39 is 6.61 Å². The van der Waals surface area contributed by atoms with Gasteiger partial charge < -0.3 is 19.5 Å². The Hall–Kier alpha value is -4.31. The van der Waals surface area contributed by atoms with E-state index in [0.29, 0.717) is 66.3 Å². The average Bonchev–Trinajstić information content (AvgIpc) is 3.71. The molecule has 0 atom stereocenters. The summed E-state index contributed by atoms with van der Waals surface area (Å²) in [5.41, 5.74) is 2.39. The lowest BCUT2D eigenvalue weighted by atomic mass is 10.0. The number of nitrogens with one attached hydrogen (secondary N) is 1. The molecule has 0 amide bonds. The predicted octanol–water partition coefficient (Wildman–Crippen LogP) is 3.35. The first-order valence-corrected chi connectivity index (χ1v) is 13.9. The van der Waals surface area contributed by atoms with E-state index in [4.69, 9.17) is 14.2 Å². The number of ether oxygens (including phenoxy) is 3. The maximum absolute atomic E-state index is 13.4. The lowest BCUT2D eigenvalue weighted by Gasteiger charge is -2.21. The summed E-state index contributed by atoms with van der Waals surface area (Å²) >= 11 is 0. The van der Waals surface area contributed by atoms with Crippen LogP contribution in [0.25, 0.3) is 28.1 Å². The maximum Gasteiger partial charge on any atom is 0.388 e. The average molecular weight is 582 g/mol. The molecule has 7 heterocycles. The predicted molar refractivity (Wildman–Crippen MR) is 145 cm³/mol. The standard InChI is InChI=1S/C26H29F2N11O3/c27-26(28)42-23-9-20(33-21-12-29-18-10-31-37(24(18)34-21)14-16-1-5-40-6-2-16)36-39(23)22-13-30-19-11-32-38(25(19)35-22)15-17-3-7-41-8-4-17/h9-13,16-17,26H,1-8,14-15H2,(H,33,34,36). The summed E-state index contributed by atoms with van der Waals surface area (Å²) in [5, 5.41) is 16.4. The molecule has 2 aliphatic rings. The fourth-order valence-electron chi connectivity index (χ4n) is 5.36. The van der Waals surface area contributed by atoms with Crippen LogP contribution in [0.2, 0.25) is 0 Å². The second-order valence-electron chi connectivity index (χ2n) is 10.4. The van der Waals surface area contributed by atoms with Crippen LogP contribution in [0.15, 0.2) is 30.9 Å². The van der Waals surface area contributed by atoms with Gasteiger partial charge in [0, 0.05) is 45.6 Å². The zero-order chi connectivity index (χ0) is 28.5. The first kappa shape index (κ1) is 26.6. The van der Waals surface area contributed by atoms with Gasteiger partial charge in [-0.1, -0.05) is 0 Å². The molecule has 1 N–H and O–H groups in total. The van der Waals surface area contributed by atoms with Crippen molar-refractivity contribution in [3.63, 3.8) is 0 Å². The molecule has 14 nitrogen and oxygen atoms in total. The molecule has 220 valence electrons. The van der Waals surface area contributed by atoms with Gasteiger partial charge in [0.25, 0.3) is 0 Å². The molecule has 2 fully saturated rings. The number of fused-ring (bicyclic) bond motifs is 2. The highest BCUT2D eigenvalue weighted by Gasteiger charge is 2.21. The van der Waals surface area contributed by atoms with E-state index in [-0.39, 0.29) is 17.5 Å². The van der Waals surface area contributed by atoms with Gasteiger partial charge in [-0.2, -0.15) is 23.7 Å². The third-order valence-corrected chi connectivity index (χ3v) is 7.58. The van der Waals surface area contributed by atoms with E-state index in [1.165, 1.54) is 23.1 Å². The summed E-state index contributed by atoms with van der Waals surface area (Å²) in [6, 6.07) is 1.35. The summed E-state index contributed by atoms with van der Waals surface area (Å²) in [7, 11) is 0. The quantitative estimate of drug-likeness (QED) is 0.274. The molecule has 0 bridgehead atoms. The van der Waals surface area contributed by atoms with Gasteiger partial charge in [0.05, 0.1) is 24.8 Å². The number of aromatic nitrogens is 10. The van der Waals surface area contributed by atoms with Crippen LogP contribution >= 0.6 is 0 Å². The van der Waals surface area contributed by atoms with E-state index in [1.54, 1.807) is 17.1 Å². The zero-order valence-electron chi connectivity index (χ0n) is 22.6. The Balaban J connectivity index is 1.16. The number of rotatable bonds is 9. The largest absolute Gasteiger partial charge is 0.417 e. The Morgan fingerprint density at radius 2 is 1.40 bits per heavy atom. The summed E-state index contributed by atoms with van der Waals surface area (Å²) in [4.78, 5) is 18.2. The van der Waals surface area contributed by atoms with Crippen LogP contribution in [-0.4, -0.2) is 82.3 Å². The van der Waals surface area contributed by atoms with Gasteiger partial charge >= 0.3 is 6.61 Å². The normalized spacial score (nSPS) is 17.0. The van der Waals surface area contributed by atoms with Crippen molar-refractivity contribution in [3.8, 4) is 11.7 Å². The Labute approximate surface area is 238 Å². The lowest BCUT2D eigenvalue weighted by Crippen LogP contribution is -2.21. The molecule has 42 heavy (non-hydrogen) atoms. The number of hydrogen-bond donors (Lipinski definition) is 1. The molecule has 0 spiro atoms. The second kappa shape index (κ2) is 11.5. The molecule has 2 aliphatic heterocycles. The maximum atomic E-state index is 13.4. The van der Waals surface area contributed by atoms with Crippen molar-refractivity contribution in [1.82, 2.24) is 49.3 Å². The SMILES string of the molecule is FC(F)Oc1cc(Nc2cnc3cnn(CC4CCOCC4)c3n2)nn1-c1cnc2cnn(CC3CCOCC3)c2n1. The monoisotopic (exact) mass is 581 g/mol. The summed E-state index contributed by atoms with van der Waals surface area (Å²) in [5.74, 6) is 1.42. The minimum atomic E-state index is -3.07.